The molecule has 0 amide bonds. The van der Waals surface area contributed by atoms with Gasteiger partial charge in [-0.15, -0.1) is 0 Å². The highest BCUT2D eigenvalue weighted by Crippen LogP contribution is 2.57. The number of hydrogen-bond donors (Lipinski definition) is 0. The molecule has 0 fully saturated rings. The van der Waals surface area contributed by atoms with E-state index in [-0.39, 0.29) is 22.8 Å². The third kappa shape index (κ3) is 3.23. The topological polar surface area (TPSA) is 147 Å². The van der Waals surface area contributed by atoms with E-state index in [2.05, 4.69) is 44.2 Å². The summed E-state index contributed by atoms with van der Waals surface area (Å²) in [6.07, 6.45) is 0. The van der Waals surface area contributed by atoms with Gasteiger partial charge in [0.2, 0.25) is 0 Å². The summed E-state index contributed by atoms with van der Waals surface area (Å²) in [5, 5.41) is 38.4. The van der Waals surface area contributed by atoms with Crippen LogP contribution in [-0.2, 0) is 5.41 Å². The van der Waals surface area contributed by atoms with Crippen LogP contribution in [0, 0.1) is 45.3 Å². The summed E-state index contributed by atoms with van der Waals surface area (Å²) in [6, 6.07) is 35.7. The SMILES string of the molecule is N#Cc1nc2cc3c(cc2nc1C#N)C(c1ccccc1)(c1ccccc1)c1cc2nc(C#N)c(C#N)nc2cc1-3. The van der Waals surface area contributed by atoms with Crippen molar-refractivity contribution in [1.82, 2.24) is 19.9 Å². The second-order valence-corrected chi connectivity index (χ2v) is 9.54. The van der Waals surface area contributed by atoms with Gasteiger partial charge < -0.3 is 0 Å². The summed E-state index contributed by atoms with van der Waals surface area (Å²) in [6.45, 7) is 0. The predicted molar refractivity (Wildman–Crippen MR) is 149 cm³/mol. The molecule has 1 aliphatic carbocycles. The van der Waals surface area contributed by atoms with Crippen molar-refractivity contribution in [2.24, 2.45) is 0 Å². The smallest absolute Gasteiger partial charge is 0.177 e. The zero-order chi connectivity index (χ0) is 28.1. The molecule has 1 aliphatic rings. The molecule has 8 nitrogen and oxygen atoms in total. The molecular weight excluding hydrogens is 508 g/mol. The highest BCUT2D eigenvalue weighted by Gasteiger charge is 2.47. The van der Waals surface area contributed by atoms with Crippen LogP contribution >= 0.6 is 0 Å². The number of aromatic nitrogens is 4. The maximum Gasteiger partial charge on any atom is 0.177 e. The lowest BCUT2D eigenvalue weighted by Gasteiger charge is -2.34. The average molecular weight is 523 g/mol. The fourth-order valence-electron chi connectivity index (χ4n) is 5.89. The van der Waals surface area contributed by atoms with Crippen LogP contribution in [0.3, 0.4) is 0 Å². The van der Waals surface area contributed by atoms with E-state index >= 15 is 0 Å². The fraction of sp³-hybridized carbons (Fsp3) is 0.0303. The molecule has 0 atom stereocenters. The first-order valence-electron chi connectivity index (χ1n) is 12.6. The third-order valence-electron chi connectivity index (χ3n) is 7.54. The number of nitrogens with zero attached hydrogens (tertiary/aromatic N) is 8. The quantitative estimate of drug-likeness (QED) is 0.292. The molecule has 0 aliphatic heterocycles. The van der Waals surface area contributed by atoms with Crippen molar-refractivity contribution < 1.29 is 0 Å². The van der Waals surface area contributed by atoms with Crippen LogP contribution in [0.4, 0.5) is 0 Å². The second-order valence-electron chi connectivity index (χ2n) is 9.54. The molecule has 0 unspecified atom stereocenters. The number of nitriles is 4. The zero-order valence-corrected chi connectivity index (χ0v) is 21.2. The van der Waals surface area contributed by atoms with Gasteiger partial charge >= 0.3 is 0 Å². The molecule has 0 N–H and O–H groups in total. The molecule has 0 spiro atoms. The molecule has 0 bridgehead atoms. The van der Waals surface area contributed by atoms with E-state index in [1.807, 2.05) is 84.9 Å². The van der Waals surface area contributed by atoms with Crippen LogP contribution in [0.15, 0.2) is 84.9 Å². The van der Waals surface area contributed by atoms with Crippen molar-refractivity contribution in [3.05, 3.63) is 130 Å². The minimum atomic E-state index is -0.819. The van der Waals surface area contributed by atoms with E-state index in [9.17, 15) is 21.0 Å². The third-order valence-corrected chi connectivity index (χ3v) is 7.54. The summed E-state index contributed by atoms with van der Waals surface area (Å²) in [7, 11) is 0. The van der Waals surface area contributed by atoms with Crippen LogP contribution in [0.25, 0.3) is 33.2 Å². The van der Waals surface area contributed by atoms with Gasteiger partial charge in [-0.3, -0.25) is 0 Å². The largest absolute Gasteiger partial charge is 0.232 e. The van der Waals surface area contributed by atoms with Crippen LogP contribution in [0.5, 0.6) is 0 Å². The van der Waals surface area contributed by atoms with E-state index in [0.29, 0.717) is 22.1 Å². The Morgan fingerprint density at radius 3 is 1.07 bits per heavy atom. The van der Waals surface area contributed by atoms with Gasteiger partial charge in [-0.1, -0.05) is 60.7 Å². The van der Waals surface area contributed by atoms with Crippen molar-refractivity contribution in [3.8, 4) is 35.4 Å². The minimum absolute atomic E-state index is 0.0345. The fourth-order valence-corrected chi connectivity index (χ4v) is 5.89. The molecule has 8 heteroatoms. The molecule has 2 aromatic heterocycles. The summed E-state index contributed by atoms with van der Waals surface area (Å²) >= 11 is 0. The van der Waals surface area contributed by atoms with Gasteiger partial charge in [0.1, 0.15) is 24.3 Å². The van der Waals surface area contributed by atoms with Crippen molar-refractivity contribution in [2.45, 2.75) is 5.41 Å². The highest BCUT2D eigenvalue weighted by molar-refractivity contribution is 5.97. The molecule has 0 radical (unpaired) electrons. The van der Waals surface area contributed by atoms with E-state index in [4.69, 9.17) is 0 Å². The van der Waals surface area contributed by atoms with Gasteiger partial charge in [-0.2, -0.15) is 21.0 Å². The Kier molecular flexibility index (Phi) is 5.06. The molecule has 7 rings (SSSR count). The summed E-state index contributed by atoms with van der Waals surface area (Å²) in [5.74, 6) is 0. The summed E-state index contributed by atoms with van der Waals surface area (Å²) in [4.78, 5) is 18.0. The molecule has 41 heavy (non-hydrogen) atoms. The normalized spacial score (nSPS) is 12.5. The Morgan fingerprint density at radius 1 is 0.439 bits per heavy atom. The Balaban J connectivity index is 1.70. The minimum Gasteiger partial charge on any atom is -0.232 e. The Morgan fingerprint density at radius 2 is 0.756 bits per heavy atom. The Bertz CT molecular complexity index is 2080. The molecular formula is C33H14N8. The monoisotopic (exact) mass is 522 g/mol. The van der Waals surface area contributed by atoms with Gasteiger partial charge in [0.05, 0.1) is 27.5 Å². The predicted octanol–water partition coefficient (Wildman–Crippen LogP) is 5.42. The Hall–Kier alpha value is -6.48. The number of benzene rings is 4. The molecule has 4 aromatic carbocycles. The van der Waals surface area contributed by atoms with Gasteiger partial charge in [0.15, 0.2) is 22.8 Å². The van der Waals surface area contributed by atoms with Gasteiger partial charge in [-0.25, -0.2) is 19.9 Å². The van der Waals surface area contributed by atoms with Gasteiger partial charge in [-0.05, 0) is 57.6 Å². The second kappa shape index (κ2) is 8.79. The number of fused-ring (bicyclic) bond motifs is 5. The van der Waals surface area contributed by atoms with Crippen LogP contribution in [-0.4, -0.2) is 19.9 Å². The van der Waals surface area contributed by atoms with Crippen molar-refractivity contribution in [2.75, 3.05) is 0 Å². The van der Waals surface area contributed by atoms with Crippen LogP contribution < -0.4 is 0 Å². The Labute approximate surface area is 233 Å². The van der Waals surface area contributed by atoms with Crippen LogP contribution in [0.1, 0.15) is 45.0 Å². The zero-order valence-electron chi connectivity index (χ0n) is 21.2. The van der Waals surface area contributed by atoms with Gasteiger partial charge in [0, 0.05) is 0 Å². The standard InChI is InChI=1S/C33H14N8/c34-15-29-31(17-36)40-27-13-23-21(11-25(27)38-29)22-12-26-28(41-32(18-37)30(16-35)39-26)14-24(22)33(23,19-7-3-1-4-8-19)20-9-5-2-6-10-20/h1-14H. The van der Waals surface area contributed by atoms with Crippen molar-refractivity contribution >= 4 is 22.1 Å². The molecule has 2 heterocycles. The molecule has 0 saturated heterocycles. The number of hydrogen-bond acceptors (Lipinski definition) is 8. The first-order valence-corrected chi connectivity index (χ1v) is 12.6. The van der Waals surface area contributed by atoms with Crippen molar-refractivity contribution in [3.63, 3.8) is 0 Å². The van der Waals surface area contributed by atoms with Crippen molar-refractivity contribution in [1.29, 1.82) is 21.0 Å². The summed E-state index contributed by atoms with van der Waals surface area (Å²) < 4.78 is 0. The van der Waals surface area contributed by atoms with Crippen LogP contribution in [0.2, 0.25) is 0 Å². The average Bonchev–Trinajstić information content (AvgIpc) is 3.30. The summed E-state index contributed by atoms with van der Waals surface area (Å²) in [5.41, 5.74) is 6.49. The maximum atomic E-state index is 9.63. The number of rotatable bonds is 2. The van der Waals surface area contributed by atoms with E-state index in [0.717, 1.165) is 33.4 Å². The first-order chi connectivity index (χ1) is 20.1. The lowest BCUT2D eigenvalue weighted by atomic mass is 9.67. The van der Waals surface area contributed by atoms with Gasteiger partial charge in [0.25, 0.3) is 0 Å². The first kappa shape index (κ1) is 23.6. The van der Waals surface area contributed by atoms with E-state index in [1.54, 1.807) is 0 Å². The van der Waals surface area contributed by atoms with E-state index in [1.165, 1.54) is 0 Å². The highest BCUT2D eigenvalue weighted by atomic mass is 14.8. The maximum absolute atomic E-state index is 9.63. The molecule has 186 valence electrons. The molecule has 6 aromatic rings. The molecule has 0 saturated carbocycles. The lowest BCUT2D eigenvalue weighted by molar-refractivity contribution is 0.770. The lowest BCUT2D eigenvalue weighted by Crippen LogP contribution is -2.28. The van der Waals surface area contributed by atoms with E-state index < -0.39 is 5.41 Å².